The summed E-state index contributed by atoms with van der Waals surface area (Å²) >= 11 is 0. The highest BCUT2D eigenvalue weighted by Crippen LogP contribution is 2.36. The highest BCUT2D eigenvalue weighted by Gasteiger charge is 2.30. The quantitative estimate of drug-likeness (QED) is 0.841. The molecule has 0 aliphatic carbocycles. The van der Waals surface area contributed by atoms with Gasteiger partial charge in [-0.2, -0.15) is 0 Å². The smallest absolute Gasteiger partial charge is 0.185 e. The van der Waals surface area contributed by atoms with Gasteiger partial charge >= 0.3 is 0 Å². The van der Waals surface area contributed by atoms with Crippen molar-refractivity contribution >= 4 is 11.4 Å². The van der Waals surface area contributed by atoms with Crippen LogP contribution in [0, 0.1) is 0 Å². The van der Waals surface area contributed by atoms with Crippen LogP contribution in [0.1, 0.15) is 18.5 Å². The number of aromatic nitrogens is 2. The molecule has 0 aromatic carbocycles. The molecular weight excluding hydrogens is 286 g/mol. The van der Waals surface area contributed by atoms with E-state index in [1.54, 1.807) is 0 Å². The zero-order valence-electron chi connectivity index (χ0n) is 12.4. The number of ether oxygens (including phenoxy) is 2. The second-order valence-electron chi connectivity index (χ2n) is 5.53. The number of morpholine rings is 1. The summed E-state index contributed by atoms with van der Waals surface area (Å²) in [4.78, 5) is 10.3. The average molecular weight is 307 g/mol. The molecule has 2 N–H and O–H groups in total. The molecule has 22 heavy (non-hydrogen) atoms. The van der Waals surface area contributed by atoms with Crippen LogP contribution in [-0.4, -0.2) is 65.3 Å². The van der Waals surface area contributed by atoms with Gasteiger partial charge in [0.15, 0.2) is 11.6 Å². The van der Waals surface area contributed by atoms with Crippen LogP contribution in [0.15, 0.2) is 12.9 Å². The number of hydrogen-bond donors (Lipinski definition) is 2. The molecule has 3 heterocycles. The fourth-order valence-electron chi connectivity index (χ4n) is 2.86. The average Bonchev–Trinajstić information content (AvgIpc) is 3.04. The topological polar surface area (TPSA) is 87.9 Å². The van der Waals surface area contributed by atoms with E-state index in [9.17, 15) is 5.11 Å². The van der Waals surface area contributed by atoms with Crippen LogP contribution in [0.5, 0.6) is 5.75 Å². The van der Waals surface area contributed by atoms with Gasteiger partial charge in [-0.3, -0.25) is 0 Å². The second kappa shape index (κ2) is 6.60. The fraction of sp³-hybridized carbons (Fsp3) is 0.600. The maximum atomic E-state index is 10.5. The van der Waals surface area contributed by atoms with Gasteiger partial charge in [-0.05, 0) is 12.8 Å². The number of aliphatic hydroxyl groups is 1. The van der Waals surface area contributed by atoms with Crippen molar-refractivity contribution < 1.29 is 19.7 Å². The molecule has 2 fully saturated rings. The Labute approximate surface area is 129 Å². The minimum Gasteiger partial charge on any atom is -0.503 e. The Hall–Kier alpha value is -1.70. The molecule has 0 bridgehead atoms. The van der Waals surface area contributed by atoms with Gasteiger partial charge in [-0.25, -0.2) is 9.97 Å². The first-order valence-electron chi connectivity index (χ1n) is 7.53. The zero-order chi connectivity index (χ0) is 15.5. The van der Waals surface area contributed by atoms with Crippen LogP contribution in [0.3, 0.4) is 0 Å². The lowest BCUT2D eigenvalue weighted by atomic mass is 10.0. The summed E-state index contributed by atoms with van der Waals surface area (Å²) in [7, 11) is 0. The predicted molar refractivity (Wildman–Crippen MR) is 80.7 cm³/mol. The standard InChI is InChI=1S/C15H21N3O4/c1-10(12-3-2-11(8-19)22-12)13-14(20)15(17-9-16-13)18-4-6-21-7-5-18/h9,11-12,19-20H,1-8H2. The van der Waals surface area contributed by atoms with E-state index in [4.69, 9.17) is 14.6 Å². The van der Waals surface area contributed by atoms with Gasteiger partial charge in [-0.1, -0.05) is 6.58 Å². The lowest BCUT2D eigenvalue weighted by Gasteiger charge is -2.28. The molecule has 3 rings (SSSR count). The van der Waals surface area contributed by atoms with E-state index in [1.807, 2.05) is 4.90 Å². The maximum absolute atomic E-state index is 10.5. The molecule has 2 aliphatic heterocycles. The minimum absolute atomic E-state index is 0.00142. The summed E-state index contributed by atoms with van der Waals surface area (Å²) in [5.74, 6) is 0.539. The lowest BCUT2D eigenvalue weighted by molar-refractivity contribution is 0.0347. The molecule has 0 spiro atoms. The van der Waals surface area contributed by atoms with Gasteiger partial charge in [0.25, 0.3) is 0 Å². The molecule has 7 nitrogen and oxygen atoms in total. The molecule has 0 amide bonds. The Morgan fingerprint density at radius 3 is 2.77 bits per heavy atom. The molecular formula is C15H21N3O4. The summed E-state index contributed by atoms with van der Waals surface area (Å²) in [5, 5.41) is 19.7. The van der Waals surface area contributed by atoms with E-state index in [1.165, 1.54) is 6.33 Å². The van der Waals surface area contributed by atoms with Gasteiger partial charge in [0.05, 0.1) is 32.0 Å². The first kappa shape index (κ1) is 15.2. The van der Waals surface area contributed by atoms with Crippen LogP contribution in [-0.2, 0) is 9.47 Å². The highest BCUT2D eigenvalue weighted by molar-refractivity contribution is 5.73. The Balaban J connectivity index is 1.80. The molecule has 2 atom stereocenters. The fourth-order valence-corrected chi connectivity index (χ4v) is 2.86. The van der Waals surface area contributed by atoms with Crippen molar-refractivity contribution in [2.75, 3.05) is 37.8 Å². The third kappa shape index (κ3) is 2.92. The molecule has 0 saturated carbocycles. The molecule has 1 aromatic heterocycles. The Kier molecular flexibility index (Phi) is 4.56. The normalized spacial score (nSPS) is 25.4. The summed E-state index contributed by atoms with van der Waals surface area (Å²) < 4.78 is 11.0. The third-order valence-corrected chi connectivity index (χ3v) is 4.12. The van der Waals surface area contributed by atoms with Gasteiger partial charge in [-0.15, -0.1) is 0 Å². The van der Waals surface area contributed by atoms with Gasteiger partial charge in [0, 0.05) is 18.7 Å². The number of hydrogen-bond acceptors (Lipinski definition) is 7. The van der Waals surface area contributed by atoms with Crippen molar-refractivity contribution in [2.24, 2.45) is 0 Å². The second-order valence-corrected chi connectivity index (χ2v) is 5.53. The van der Waals surface area contributed by atoms with Crippen LogP contribution in [0.4, 0.5) is 5.82 Å². The van der Waals surface area contributed by atoms with Gasteiger partial charge in [0.1, 0.15) is 12.0 Å². The minimum atomic E-state index is -0.226. The molecule has 1 aromatic rings. The van der Waals surface area contributed by atoms with E-state index < -0.39 is 0 Å². The van der Waals surface area contributed by atoms with Crippen molar-refractivity contribution in [1.29, 1.82) is 0 Å². The Morgan fingerprint density at radius 2 is 2.09 bits per heavy atom. The van der Waals surface area contributed by atoms with E-state index in [0.717, 1.165) is 12.8 Å². The summed E-state index contributed by atoms with van der Waals surface area (Å²) in [6.07, 6.45) is 2.59. The van der Waals surface area contributed by atoms with Gasteiger partial charge in [0.2, 0.25) is 0 Å². The summed E-state index contributed by atoms with van der Waals surface area (Å²) in [5.41, 5.74) is 1.05. The maximum Gasteiger partial charge on any atom is 0.185 e. The van der Waals surface area contributed by atoms with Crippen molar-refractivity contribution in [1.82, 2.24) is 9.97 Å². The van der Waals surface area contributed by atoms with E-state index in [-0.39, 0.29) is 24.6 Å². The number of anilines is 1. The van der Waals surface area contributed by atoms with E-state index in [2.05, 4.69) is 16.5 Å². The monoisotopic (exact) mass is 307 g/mol. The molecule has 0 radical (unpaired) electrons. The van der Waals surface area contributed by atoms with E-state index >= 15 is 0 Å². The van der Waals surface area contributed by atoms with Crippen molar-refractivity contribution in [3.8, 4) is 5.75 Å². The Bertz CT molecular complexity index is 546. The highest BCUT2D eigenvalue weighted by atomic mass is 16.5. The number of aliphatic hydroxyl groups excluding tert-OH is 1. The summed E-state index contributed by atoms with van der Waals surface area (Å²) in [6.45, 7) is 6.62. The molecule has 7 heteroatoms. The van der Waals surface area contributed by atoms with Crippen molar-refractivity contribution in [3.05, 3.63) is 18.6 Å². The third-order valence-electron chi connectivity index (χ3n) is 4.12. The first-order valence-corrected chi connectivity index (χ1v) is 7.53. The zero-order valence-corrected chi connectivity index (χ0v) is 12.4. The molecule has 2 aliphatic rings. The van der Waals surface area contributed by atoms with Crippen molar-refractivity contribution in [2.45, 2.75) is 25.0 Å². The lowest BCUT2D eigenvalue weighted by Crippen LogP contribution is -2.37. The van der Waals surface area contributed by atoms with Crippen LogP contribution < -0.4 is 4.90 Å². The molecule has 2 saturated heterocycles. The SMILES string of the molecule is C=C(c1ncnc(N2CCOCC2)c1O)C1CCC(CO)O1. The number of aromatic hydroxyl groups is 1. The predicted octanol–water partition coefficient (Wildman–Crippen LogP) is 0.572. The van der Waals surface area contributed by atoms with Crippen LogP contribution in [0.2, 0.25) is 0 Å². The van der Waals surface area contributed by atoms with Crippen LogP contribution >= 0.6 is 0 Å². The number of nitrogens with zero attached hydrogens (tertiary/aromatic N) is 3. The van der Waals surface area contributed by atoms with Crippen LogP contribution in [0.25, 0.3) is 5.57 Å². The van der Waals surface area contributed by atoms with Gasteiger partial charge < -0.3 is 24.6 Å². The Morgan fingerprint density at radius 1 is 1.32 bits per heavy atom. The first-order chi connectivity index (χ1) is 10.7. The van der Waals surface area contributed by atoms with E-state index in [0.29, 0.717) is 43.4 Å². The largest absolute Gasteiger partial charge is 0.503 e. The summed E-state index contributed by atoms with van der Waals surface area (Å²) in [6, 6.07) is 0. The number of rotatable bonds is 4. The molecule has 120 valence electrons. The van der Waals surface area contributed by atoms with Crippen molar-refractivity contribution in [3.63, 3.8) is 0 Å². The molecule has 2 unspecified atom stereocenters.